The van der Waals surface area contributed by atoms with E-state index in [2.05, 4.69) is 34.7 Å². The molecule has 0 spiro atoms. The summed E-state index contributed by atoms with van der Waals surface area (Å²) in [5, 5.41) is 6.21. The maximum atomic E-state index is 12.0. The zero-order valence-corrected chi connectivity index (χ0v) is 14.3. The fourth-order valence-corrected chi connectivity index (χ4v) is 2.28. The van der Waals surface area contributed by atoms with Gasteiger partial charge in [0.15, 0.2) is 0 Å². The molecule has 0 aliphatic heterocycles. The van der Waals surface area contributed by atoms with Gasteiger partial charge < -0.3 is 15.4 Å². The third-order valence-electron chi connectivity index (χ3n) is 3.71. The van der Waals surface area contributed by atoms with Gasteiger partial charge in [0, 0.05) is 25.0 Å². The lowest BCUT2D eigenvalue weighted by atomic mass is 10.1. The number of methoxy groups -OCH3 is 1. The maximum Gasteiger partial charge on any atom is 0.269 e. The molecule has 128 valence electrons. The van der Waals surface area contributed by atoms with E-state index >= 15 is 0 Å². The average molecular weight is 327 g/mol. The van der Waals surface area contributed by atoms with E-state index in [1.807, 2.05) is 18.2 Å². The molecule has 0 unspecified atom stereocenters. The Hall–Kier alpha value is -2.56. The number of benzene rings is 1. The van der Waals surface area contributed by atoms with Crippen LogP contribution in [0, 0.1) is 0 Å². The van der Waals surface area contributed by atoms with E-state index in [4.69, 9.17) is 4.74 Å². The van der Waals surface area contributed by atoms with Gasteiger partial charge in [0.05, 0.1) is 7.11 Å². The van der Waals surface area contributed by atoms with Gasteiger partial charge in [0.1, 0.15) is 11.4 Å². The van der Waals surface area contributed by atoms with Crippen LogP contribution in [0.25, 0.3) is 0 Å². The minimum Gasteiger partial charge on any atom is -0.497 e. The summed E-state index contributed by atoms with van der Waals surface area (Å²) in [7, 11) is 1.66. The first-order valence-electron chi connectivity index (χ1n) is 8.34. The lowest BCUT2D eigenvalue weighted by Gasteiger charge is -2.09. The lowest BCUT2D eigenvalue weighted by molar-refractivity contribution is 0.0948. The Labute approximate surface area is 143 Å². The van der Waals surface area contributed by atoms with Gasteiger partial charge in [-0.1, -0.05) is 25.5 Å². The van der Waals surface area contributed by atoms with Crippen molar-refractivity contribution in [3.63, 3.8) is 0 Å². The lowest BCUT2D eigenvalue weighted by Crippen LogP contribution is -2.25. The molecule has 2 N–H and O–H groups in total. The molecule has 0 saturated heterocycles. The SMILES string of the molecule is CCCCNC(=O)c1cc(NCCc2ccc(OC)cc2)ccn1. The summed E-state index contributed by atoms with van der Waals surface area (Å²) in [4.78, 5) is 16.2. The van der Waals surface area contributed by atoms with E-state index < -0.39 is 0 Å². The van der Waals surface area contributed by atoms with Crippen molar-refractivity contribution in [3.8, 4) is 5.75 Å². The van der Waals surface area contributed by atoms with Gasteiger partial charge >= 0.3 is 0 Å². The summed E-state index contributed by atoms with van der Waals surface area (Å²) in [6.07, 6.45) is 4.58. The van der Waals surface area contributed by atoms with Crippen LogP contribution in [0.4, 0.5) is 5.69 Å². The summed E-state index contributed by atoms with van der Waals surface area (Å²) < 4.78 is 5.15. The molecule has 0 fully saturated rings. The minimum atomic E-state index is -0.123. The molecule has 0 radical (unpaired) electrons. The van der Waals surface area contributed by atoms with Gasteiger partial charge in [-0.2, -0.15) is 0 Å². The highest BCUT2D eigenvalue weighted by Crippen LogP contribution is 2.12. The number of anilines is 1. The number of nitrogens with zero attached hydrogens (tertiary/aromatic N) is 1. The Morgan fingerprint density at radius 1 is 1.17 bits per heavy atom. The molecule has 24 heavy (non-hydrogen) atoms. The molecule has 0 aliphatic carbocycles. The van der Waals surface area contributed by atoms with Crippen LogP contribution in [0.5, 0.6) is 5.75 Å². The van der Waals surface area contributed by atoms with Crippen LogP contribution in [-0.2, 0) is 6.42 Å². The standard InChI is InChI=1S/C19H25N3O2/c1-3-4-11-22-19(23)18-14-16(10-13-21-18)20-12-9-15-5-7-17(24-2)8-6-15/h5-8,10,13-14H,3-4,9,11-12H2,1-2H3,(H,20,21)(H,22,23). The number of carbonyl (C=O) groups excluding carboxylic acids is 1. The monoisotopic (exact) mass is 327 g/mol. The van der Waals surface area contributed by atoms with Crippen LogP contribution in [0.2, 0.25) is 0 Å². The van der Waals surface area contributed by atoms with E-state index in [0.29, 0.717) is 12.2 Å². The predicted molar refractivity (Wildman–Crippen MR) is 96.7 cm³/mol. The van der Waals surface area contributed by atoms with Gasteiger partial charge in [-0.15, -0.1) is 0 Å². The van der Waals surface area contributed by atoms with Crippen LogP contribution >= 0.6 is 0 Å². The van der Waals surface area contributed by atoms with E-state index in [9.17, 15) is 4.79 Å². The van der Waals surface area contributed by atoms with Crippen LogP contribution in [0.3, 0.4) is 0 Å². The third kappa shape index (κ3) is 5.57. The molecule has 5 nitrogen and oxygen atoms in total. The Morgan fingerprint density at radius 3 is 2.67 bits per heavy atom. The van der Waals surface area contributed by atoms with Crippen molar-refractivity contribution in [2.45, 2.75) is 26.2 Å². The predicted octanol–water partition coefficient (Wildman–Crippen LogP) is 3.27. The zero-order valence-electron chi connectivity index (χ0n) is 14.3. The van der Waals surface area contributed by atoms with Crippen LogP contribution in [-0.4, -0.2) is 31.1 Å². The number of pyridine rings is 1. The summed E-state index contributed by atoms with van der Waals surface area (Å²) in [5.41, 5.74) is 2.58. The van der Waals surface area contributed by atoms with Crippen LogP contribution < -0.4 is 15.4 Å². The Bertz CT molecular complexity index is 641. The summed E-state index contributed by atoms with van der Waals surface area (Å²) in [6, 6.07) is 11.7. The molecule has 1 amide bonds. The summed E-state index contributed by atoms with van der Waals surface area (Å²) >= 11 is 0. The van der Waals surface area contributed by atoms with Crippen molar-refractivity contribution in [1.29, 1.82) is 0 Å². The zero-order chi connectivity index (χ0) is 17.2. The molecule has 0 atom stereocenters. The van der Waals surface area contributed by atoms with Crippen molar-refractivity contribution < 1.29 is 9.53 Å². The van der Waals surface area contributed by atoms with E-state index in [0.717, 1.165) is 37.2 Å². The average Bonchev–Trinajstić information content (AvgIpc) is 2.63. The Balaban J connectivity index is 1.83. The van der Waals surface area contributed by atoms with Gasteiger partial charge in [-0.25, -0.2) is 0 Å². The molecule has 1 aromatic heterocycles. The second-order valence-electron chi connectivity index (χ2n) is 5.56. The molecule has 5 heteroatoms. The van der Waals surface area contributed by atoms with Crippen molar-refractivity contribution in [3.05, 3.63) is 53.9 Å². The molecule has 2 aromatic rings. The van der Waals surface area contributed by atoms with Gasteiger partial charge in [0.25, 0.3) is 5.91 Å². The number of ether oxygens (including phenoxy) is 1. The smallest absolute Gasteiger partial charge is 0.269 e. The van der Waals surface area contributed by atoms with Crippen LogP contribution in [0.15, 0.2) is 42.6 Å². The topological polar surface area (TPSA) is 63.2 Å². The number of rotatable bonds is 9. The summed E-state index contributed by atoms with van der Waals surface area (Å²) in [6.45, 7) is 3.57. The van der Waals surface area contributed by atoms with Crippen molar-refractivity contribution in [2.24, 2.45) is 0 Å². The molecule has 2 rings (SSSR count). The van der Waals surface area contributed by atoms with E-state index in [1.54, 1.807) is 19.4 Å². The first-order valence-corrected chi connectivity index (χ1v) is 8.34. The van der Waals surface area contributed by atoms with Crippen molar-refractivity contribution >= 4 is 11.6 Å². The summed E-state index contributed by atoms with van der Waals surface area (Å²) in [5.74, 6) is 0.738. The molecule has 1 heterocycles. The number of amides is 1. The highest BCUT2D eigenvalue weighted by molar-refractivity contribution is 5.93. The number of aromatic nitrogens is 1. The van der Waals surface area contributed by atoms with Crippen LogP contribution in [0.1, 0.15) is 35.8 Å². The fraction of sp³-hybridized carbons (Fsp3) is 0.368. The van der Waals surface area contributed by atoms with Gasteiger partial charge in [-0.05, 0) is 42.7 Å². The Morgan fingerprint density at radius 2 is 1.96 bits per heavy atom. The molecule has 0 saturated carbocycles. The Kier molecular flexibility index (Phi) is 7.08. The number of carbonyl (C=O) groups is 1. The minimum absolute atomic E-state index is 0.123. The van der Waals surface area contributed by atoms with Crippen molar-refractivity contribution in [2.75, 3.05) is 25.5 Å². The van der Waals surface area contributed by atoms with E-state index in [1.165, 1.54) is 5.56 Å². The third-order valence-corrected chi connectivity index (χ3v) is 3.71. The van der Waals surface area contributed by atoms with E-state index in [-0.39, 0.29) is 5.91 Å². The normalized spacial score (nSPS) is 10.2. The highest BCUT2D eigenvalue weighted by Gasteiger charge is 2.07. The molecule has 0 bridgehead atoms. The highest BCUT2D eigenvalue weighted by atomic mass is 16.5. The first kappa shape index (κ1) is 17.8. The molecular weight excluding hydrogens is 302 g/mol. The number of unbranched alkanes of at least 4 members (excludes halogenated alkanes) is 1. The number of nitrogens with one attached hydrogen (secondary N) is 2. The largest absolute Gasteiger partial charge is 0.497 e. The second kappa shape index (κ2) is 9.55. The second-order valence-corrected chi connectivity index (χ2v) is 5.56. The fourth-order valence-electron chi connectivity index (χ4n) is 2.28. The molecule has 1 aromatic carbocycles. The van der Waals surface area contributed by atoms with Crippen molar-refractivity contribution in [1.82, 2.24) is 10.3 Å². The molecular formula is C19H25N3O2. The quantitative estimate of drug-likeness (QED) is 0.694. The first-order chi connectivity index (χ1) is 11.7. The molecule has 0 aliphatic rings. The maximum absolute atomic E-state index is 12.0. The van der Waals surface area contributed by atoms with Gasteiger partial charge in [0.2, 0.25) is 0 Å². The van der Waals surface area contributed by atoms with Gasteiger partial charge in [-0.3, -0.25) is 9.78 Å². The number of hydrogen-bond acceptors (Lipinski definition) is 4. The number of hydrogen-bond donors (Lipinski definition) is 2.